The molecule has 2 aromatic rings. The molecule has 4 nitrogen and oxygen atoms in total. The van der Waals surface area contributed by atoms with E-state index < -0.39 is 11.4 Å². The standard InChI is InChI=1S/C15H15NO3S/c1-10-16-8-12(20-10)7-15(14(17)18)6-11-4-2-3-5-13(11)19-9-15/h2-5,8H,6-7,9H2,1H3,(H,17,18). The monoisotopic (exact) mass is 289 g/mol. The Morgan fingerprint density at radius 3 is 3.00 bits per heavy atom. The molecule has 1 aliphatic rings. The van der Waals surface area contributed by atoms with E-state index in [4.69, 9.17) is 4.74 Å². The quantitative estimate of drug-likeness (QED) is 0.943. The number of carboxylic acid groups (broad SMARTS) is 1. The van der Waals surface area contributed by atoms with E-state index in [1.807, 2.05) is 31.2 Å². The van der Waals surface area contributed by atoms with Crippen molar-refractivity contribution in [2.24, 2.45) is 5.41 Å². The summed E-state index contributed by atoms with van der Waals surface area (Å²) in [5.74, 6) is -0.0112. The van der Waals surface area contributed by atoms with Crippen molar-refractivity contribution >= 4 is 17.3 Å². The fourth-order valence-electron chi connectivity index (χ4n) is 2.57. The molecule has 0 aliphatic carbocycles. The van der Waals surface area contributed by atoms with E-state index in [9.17, 15) is 9.90 Å². The van der Waals surface area contributed by atoms with Crippen LogP contribution >= 0.6 is 11.3 Å². The van der Waals surface area contributed by atoms with Crippen LogP contribution in [0.15, 0.2) is 30.5 Å². The first-order valence-corrected chi connectivity index (χ1v) is 7.26. The molecule has 1 atom stereocenters. The third kappa shape index (κ3) is 2.29. The molecule has 0 amide bonds. The lowest BCUT2D eigenvalue weighted by Crippen LogP contribution is -2.43. The maximum Gasteiger partial charge on any atom is 0.313 e. The van der Waals surface area contributed by atoms with E-state index >= 15 is 0 Å². The summed E-state index contributed by atoms with van der Waals surface area (Å²) in [4.78, 5) is 17.0. The van der Waals surface area contributed by atoms with Gasteiger partial charge in [0.15, 0.2) is 0 Å². The predicted molar refractivity (Wildman–Crippen MR) is 76.3 cm³/mol. The lowest BCUT2D eigenvalue weighted by atomic mass is 9.77. The first-order chi connectivity index (χ1) is 9.59. The second-order valence-corrected chi connectivity index (χ2v) is 6.50. The number of hydrogen-bond donors (Lipinski definition) is 1. The molecule has 0 radical (unpaired) electrons. The Bertz CT molecular complexity index is 652. The molecule has 5 heteroatoms. The van der Waals surface area contributed by atoms with Crippen LogP contribution in [0.4, 0.5) is 0 Å². The van der Waals surface area contributed by atoms with Gasteiger partial charge in [-0.15, -0.1) is 11.3 Å². The highest BCUT2D eigenvalue weighted by molar-refractivity contribution is 7.11. The van der Waals surface area contributed by atoms with Crippen LogP contribution in [0.3, 0.4) is 0 Å². The number of benzene rings is 1. The van der Waals surface area contributed by atoms with Gasteiger partial charge in [0.05, 0.1) is 5.01 Å². The Morgan fingerprint density at radius 1 is 1.50 bits per heavy atom. The Hall–Kier alpha value is -1.88. The van der Waals surface area contributed by atoms with Gasteiger partial charge in [-0.1, -0.05) is 18.2 Å². The average Bonchev–Trinajstić information content (AvgIpc) is 2.83. The van der Waals surface area contributed by atoms with E-state index in [2.05, 4.69) is 4.98 Å². The van der Waals surface area contributed by atoms with E-state index in [1.165, 1.54) is 0 Å². The number of aromatic nitrogens is 1. The molecule has 0 fully saturated rings. The minimum atomic E-state index is -0.896. The van der Waals surface area contributed by atoms with Gasteiger partial charge in [0.25, 0.3) is 0 Å². The van der Waals surface area contributed by atoms with Crippen LogP contribution in [0.5, 0.6) is 5.75 Å². The van der Waals surface area contributed by atoms with E-state index in [0.717, 1.165) is 21.2 Å². The molecule has 3 rings (SSSR count). The van der Waals surface area contributed by atoms with Crippen molar-refractivity contribution in [2.45, 2.75) is 19.8 Å². The summed E-state index contributed by atoms with van der Waals surface area (Å²) in [6, 6.07) is 7.64. The number of aryl methyl sites for hydroxylation is 1. The number of fused-ring (bicyclic) bond motifs is 1. The van der Waals surface area contributed by atoms with Gasteiger partial charge in [-0.05, 0) is 25.0 Å². The van der Waals surface area contributed by atoms with Gasteiger partial charge in [-0.25, -0.2) is 4.98 Å². The first-order valence-electron chi connectivity index (χ1n) is 6.44. The molecule has 1 aromatic carbocycles. The molecule has 2 heterocycles. The number of nitrogens with zero attached hydrogens (tertiary/aromatic N) is 1. The van der Waals surface area contributed by atoms with Crippen molar-refractivity contribution in [3.63, 3.8) is 0 Å². The highest BCUT2D eigenvalue weighted by atomic mass is 32.1. The summed E-state index contributed by atoms with van der Waals surface area (Å²) in [5.41, 5.74) is 0.0650. The van der Waals surface area contributed by atoms with Crippen molar-refractivity contribution < 1.29 is 14.6 Å². The highest BCUT2D eigenvalue weighted by Crippen LogP contribution is 2.38. The van der Waals surface area contributed by atoms with Gasteiger partial charge in [0, 0.05) is 17.5 Å². The Kier molecular flexibility index (Phi) is 3.22. The van der Waals surface area contributed by atoms with Crippen LogP contribution in [-0.2, 0) is 17.6 Å². The number of carbonyl (C=O) groups is 1. The van der Waals surface area contributed by atoms with Crippen LogP contribution in [0.1, 0.15) is 15.4 Å². The van der Waals surface area contributed by atoms with Gasteiger partial charge in [-0.2, -0.15) is 0 Å². The lowest BCUT2D eigenvalue weighted by Gasteiger charge is -2.34. The molecule has 1 aliphatic heterocycles. The fraction of sp³-hybridized carbons (Fsp3) is 0.333. The molecule has 104 valence electrons. The Morgan fingerprint density at radius 2 is 2.30 bits per heavy atom. The van der Waals surface area contributed by atoms with Gasteiger partial charge in [-0.3, -0.25) is 4.79 Å². The summed E-state index contributed by atoms with van der Waals surface area (Å²) in [6.45, 7) is 2.13. The number of ether oxygens (including phenoxy) is 1. The fourth-order valence-corrected chi connectivity index (χ4v) is 3.51. The molecule has 1 unspecified atom stereocenters. The average molecular weight is 289 g/mol. The van der Waals surface area contributed by atoms with Crippen LogP contribution in [0, 0.1) is 12.3 Å². The maximum atomic E-state index is 11.8. The van der Waals surface area contributed by atoms with Crippen LogP contribution in [-0.4, -0.2) is 22.7 Å². The summed E-state index contributed by atoms with van der Waals surface area (Å²) in [6.07, 6.45) is 2.73. The minimum Gasteiger partial charge on any atom is -0.492 e. The lowest BCUT2D eigenvalue weighted by molar-refractivity contribution is -0.151. The zero-order valence-corrected chi connectivity index (χ0v) is 11.9. The van der Waals surface area contributed by atoms with Crippen molar-refractivity contribution in [3.8, 4) is 5.75 Å². The number of carboxylic acids is 1. The zero-order chi connectivity index (χ0) is 14.2. The van der Waals surface area contributed by atoms with Crippen LogP contribution in [0.25, 0.3) is 0 Å². The van der Waals surface area contributed by atoms with E-state index in [0.29, 0.717) is 12.8 Å². The van der Waals surface area contributed by atoms with Gasteiger partial charge >= 0.3 is 5.97 Å². The number of rotatable bonds is 3. The van der Waals surface area contributed by atoms with Gasteiger partial charge < -0.3 is 9.84 Å². The molecular weight excluding hydrogens is 274 g/mol. The largest absolute Gasteiger partial charge is 0.492 e. The topological polar surface area (TPSA) is 59.4 Å². The molecule has 0 saturated heterocycles. The number of hydrogen-bond acceptors (Lipinski definition) is 4. The summed E-state index contributed by atoms with van der Waals surface area (Å²) < 4.78 is 5.68. The smallest absolute Gasteiger partial charge is 0.313 e. The first kappa shape index (κ1) is 13.1. The molecule has 0 bridgehead atoms. The number of thiazole rings is 1. The van der Waals surface area contributed by atoms with Crippen LogP contribution in [0.2, 0.25) is 0 Å². The van der Waals surface area contributed by atoms with Crippen molar-refractivity contribution in [1.82, 2.24) is 4.98 Å². The SMILES string of the molecule is Cc1ncc(CC2(C(=O)O)COc3ccccc3C2)s1. The summed E-state index contributed by atoms with van der Waals surface area (Å²) >= 11 is 1.55. The zero-order valence-electron chi connectivity index (χ0n) is 11.1. The minimum absolute atomic E-state index is 0.205. The van der Waals surface area contributed by atoms with Crippen molar-refractivity contribution in [2.75, 3.05) is 6.61 Å². The molecular formula is C15H15NO3S. The van der Waals surface area contributed by atoms with E-state index in [-0.39, 0.29) is 6.61 Å². The third-order valence-corrected chi connectivity index (χ3v) is 4.55. The highest BCUT2D eigenvalue weighted by Gasteiger charge is 2.43. The van der Waals surface area contributed by atoms with E-state index in [1.54, 1.807) is 17.5 Å². The van der Waals surface area contributed by atoms with Crippen molar-refractivity contribution in [1.29, 1.82) is 0 Å². The second-order valence-electron chi connectivity index (χ2n) is 5.18. The summed E-state index contributed by atoms with van der Waals surface area (Å²) in [5, 5.41) is 10.6. The molecule has 20 heavy (non-hydrogen) atoms. The Labute approximate surface area is 121 Å². The molecule has 0 saturated carbocycles. The van der Waals surface area contributed by atoms with Gasteiger partial charge in [0.1, 0.15) is 17.8 Å². The number of aliphatic carboxylic acids is 1. The molecule has 0 spiro atoms. The normalized spacial score (nSPS) is 21.1. The second kappa shape index (κ2) is 4.90. The van der Waals surface area contributed by atoms with Crippen molar-refractivity contribution in [3.05, 3.63) is 45.9 Å². The third-order valence-electron chi connectivity index (χ3n) is 3.64. The molecule has 1 N–H and O–H groups in total. The Balaban J connectivity index is 1.92. The van der Waals surface area contributed by atoms with Gasteiger partial charge in [0.2, 0.25) is 0 Å². The molecule has 1 aromatic heterocycles. The maximum absolute atomic E-state index is 11.8. The summed E-state index contributed by atoms with van der Waals surface area (Å²) in [7, 11) is 0. The predicted octanol–water partition coefficient (Wildman–Crippen LogP) is 2.70. The number of para-hydroxylation sites is 1. The van der Waals surface area contributed by atoms with Crippen LogP contribution < -0.4 is 4.74 Å².